The second kappa shape index (κ2) is 14.0. The molecule has 2 amide bonds. The third-order valence-electron chi connectivity index (χ3n) is 4.97. The first-order valence-electron chi connectivity index (χ1n) is 11.8. The third kappa shape index (κ3) is 11.1. The van der Waals surface area contributed by atoms with Crippen LogP contribution in [0.25, 0.3) is 0 Å². The summed E-state index contributed by atoms with van der Waals surface area (Å²) in [4.78, 5) is 48.6. The number of aliphatic hydroxyl groups is 1. The lowest BCUT2D eigenvalue weighted by atomic mass is 10.0. The van der Waals surface area contributed by atoms with Crippen LogP contribution in [-0.4, -0.2) is 60.4 Å². The van der Waals surface area contributed by atoms with Gasteiger partial charge in [-0.25, -0.2) is 14.4 Å². The normalized spacial score (nSPS) is 12.6. The van der Waals surface area contributed by atoms with Crippen molar-refractivity contribution in [1.82, 2.24) is 10.6 Å². The molecule has 0 aliphatic carbocycles. The van der Waals surface area contributed by atoms with Gasteiger partial charge < -0.3 is 30.0 Å². The van der Waals surface area contributed by atoms with Crippen LogP contribution < -0.4 is 10.6 Å². The van der Waals surface area contributed by atoms with Crippen LogP contribution >= 0.6 is 0 Å². The zero-order valence-corrected chi connectivity index (χ0v) is 21.5. The quantitative estimate of drug-likeness (QED) is 0.307. The van der Waals surface area contributed by atoms with Crippen LogP contribution in [0.5, 0.6) is 0 Å². The molecule has 0 aliphatic heterocycles. The lowest BCUT2D eigenvalue weighted by molar-refractivity contribution is -0.145. The second-order valence-electron chi connectivity index (χ2n) is 9.35. The molecular formula is C27H34N2O8. The number of amides is 2. The minimum absolute atomic E-state index is 0.0722. The van der Waals surface area contributed by atoms with Crippen molar-refractivity contribution in [2.24, 2.45) is 0 Å². The average Bonchev–Trinajstić information content (AvgIpc) is 2.85. The van der Waals surface area contributed by atoms with Gasteiger partial charge in [0.25, 0.3) is 0 Å². The highest BCUT2D eigenvalue weighted by atomic mass is 16.6. The predicted octanol–water partition coefficient (Wildman–Crippen LogP) is 2.52. The van der Waals surface area contributed by atoms with E-state index in [9.17, 15) is 24.3 Å². The fourth-order valence-electron chi connectivity index (χ4n) is 3.20. The summed E-state index contributed by atoms with van der Waals surface area (Å²) in [6, 6.07) is 14.5. The first kappa shape index (κ1) is 29.3. The Morgan fingerprint density at radius 1 is 0.946 bits per heavy atom. The Balaban J connectivity index is 1.84. The first-order valence-corrected chi connectivity index (χ1v) is 11.8. The number of carbonyl (C=O) groups is 4. The topological polar surface area (TPSA) is 140 Å². The van der Waals surface area contributed by atoms with Gasteiger partial charge in [-0.05, 0) is 44.0 Å². The second-order valence-corrected chi connectivity index (χ2v) is 9.35. The smallest absolute Gasteiger partial charge is 0.407 e. The standard InChI is InChI=1S/C27H34N2O8/c1-27(2,3)37-24(32)20-12-10-18(11-13-20)14-22(25(33)35-4)29-23(31)15-21(30)16-28-26(34)36-17-19-8-6-5-7-9-19/h5-13,21-22,30H,14-17H2,1-4H3,(H,28,34)(H,29,31)/t21-,22+/m1/s1. The fraction of sp³-hybridized carbons (Fsp3) is 0.407. The number of methoxy groups -OCH3 is 1. The highest BCUT2D eigenvalue weighted by Gasteiger charge is 2.24. The molecule has 2 rings (SSSR count). The summed E-state index contributed by atoms with van der Waals surface area (Å²) in [7, 11) is 1.20. The number of carbonyl (C=O) groups excluding carboxylic acids is 4. The van der Waals surface area contributed by atoms with Gasteiger partial charge in [-0.15, -0.1) is 0 Å². The van der Waals surface area contributed by atoms with E-state index in [1.807, 2.05) is 18.2 Å². The Bertz CT molecular complexity index is 1050. The van der Waals surface area contributed by atoms with Gasteiger partial charge in [0.2, 0.25) is 5.91 Å². The molecule has 200 valence electrons. The number of nitrogens with one attached hydrogen (secondary N) is 2. The Morgan fingerprint density at radius 3 is 2.19 bits per heavy atom. The molecule has 3 N–H and O–H groups in total. The summed E-state index contributed by atoms with van der Waals surface area (Å²) in [6.45, 7) is 5.17. The molecule has 0 bridgehead atoms. The van der Waals surface area contributed by atoms with Gasteiger partial charge in [-0.2, -0.15) is 0 Å². The molecule has 0 spiro atoms. The molecule has 2 aromatic rings. The molecule has 0 heterocycles. The van der Waals surface area contributed by atoms with Crippen LogP contribution in [0.2, 0.25) is 0 Å². The van der Waals surface area contributed by atoms with E-state index in [4.69, 9.17) is 14.2 Å². The van der Waals surface area contributed by atoms with Crippen molar-refractivity contribution in [1.29, 1.82) is 0 Å². The largest absolute Gasteiger partial charge is 0.467 e. The van der Waals surface area contributed by atoms with Gasteiger partial charge in [0.05, 0.1) is 25.2 Å². The molecule has 10 nitrogen and oxygen atoms in total. The van der Waals surface area contributed by atoms with Crippen LogP contribution in [-0.2, 0) is 36.8 Å². The maximum atomic E-state index is 12.4. The van der Waals surface area contributed by atoms with Gasteiger partial charge in [-0.3, -0.25) is 4.79 Å². The minimum Gasteiger partial charge on any atom is -0.467 e. The van der Waals surface area contributed by atoms with Crippen molar-refractivity contribution in [3.8, 4) is 0 Å². The van der Waals surface area contributed by atoms with Gasteiger partial charge in [0.1, 0.15) is 18.2 Å². The molecular weight excluding hydrogens is 480 g/mol. The van der Waals surface area contributed by atoms with E-state index in [0.717, 1.165) is 5.56 Å². The number of hydrogen-bond acceptors (Lipinski definition) is 8. The number of rotatable bonds is 11. The van der Waals surface area contributed by atoms with E-state index >= 15 is 0 Å². The summed E-state index contributed by atoms with van der Waals surface area (Å²) >= 11 is 0. The average molecular weight is 515 g/mol. The Labute approximate surface area is 216 Å². The minimum atomic E-state index is -1.20. The predicted molar refractivity (Wildman–Crippen MR) is 135 cm³/mol. The van der Waals surface area contributed by atoms with Crippen molar-refractivity contribution in [2.75, 3.05) is 13.7 Å². The van der Waals surface area contributed by atoms with Gasteiger partial charge in [0.15, 0.2) is 0 Å². The van der Waals surface area contributed by atoms with Crippen LogP contribution in [0.3, 0.4) is 0 Å². The molecule has 2 aromatic carbocycles. The maximum Gasteiger partial charge on any atom is 0.407 e. The molecule has 0 saturated heterocycles. The van der Waals surface area contributed by atoms with E-state index in [1.54, 1.807) is 57.2 Å². The van der Waals surface area contributed by atoms with Crippen LogP contribution in [0.4, 0.5) is 4.79 Å². The van der Waals surface area contributed by atoms with Crippen LogP contribution in [0, 0.1) is 0 Å². The van der Waals surface area contributed by atoms with Crippen molar-refractivity contribution in [3.05, 3.63) is 71.3 Å². The summed E-state index contributed by atoms with van der Waals surface area (Å²) in [5, 5.41) is 15.1. The molecule has 0 saturated carbocycles. The van der Waals surface area contributed by atoms with Gasteiger partial charge in [-0.1, -0.05) is 42.5 Å². The number of alkyl carbamates (subject to hydrolysis) is 1. The number of aliphatic hydroxyl groups excluding tert-OH is 1. The van der Waals surface area contributed by atoms with E-state index in [0.29, 0.717) is 11.1 Å². The zero-order valence-electron chi connectivity index (χ0n) is 21.5. The maximum absolute atomic E-state index is 12.4. The Kier molecular flexibility index (Phi) is 11.1. The SMILES string of the molecule is COC(=O)[C@H](Cc1ccc(C(=O)OC(C)(C)C)cc1)NC(=O)C[C@@H](O)CNC(=O)OCc1ccccc1. The molecule has 0 fully saturated rings. The third-order valence-corrected chi connectivity index (χ3v) is 4.97. The lowest BCUT2D eigenvalue weighted by Gasteiger charge is -2.20. The molecule has 10 heteroatoms. The molecule has 0 unspecified atom stereocenters. The Hall–Kier alpha value is -3.92. The van der Waals surface area contributed by atoms with Crippen molar-refractivity contribution >= 4 is 23.9 Å². The first-order chi connectivity index (χ1) is 17.5. The van der Waals surface area contributed by atoms with Gasteiger partial charge in [0, 0.05) is 13.0 Å². The number of ether oxygens (including phenoxy) is 3. The molecule has 0 aromatic heterocycles. The zero-order chi connectivity index (χ0) is 27.4. The molecule has 2 atom stereocenters. The molecule has 0 radical (unpaired) electrons. The summed E-state index contributed by atoms with van der Waals surface area (Å²) in [5.41, 5.74) is 1.21. The fourth-order valence-corrected chi connectivity index (χ4v) is 3.20. The number of esters is 2. The highest BCUT2D eigenvalue weighted by molar-refractivity contribution is 5.89. The Morgan fingerprint density at radius 2 is 1.59 bits per heavy atom. The summed E-state index contributed by atoms with van der Waals surface area (Å²) in [6.07, 6.45) is -2.18. The molecule has 37 heavy (non-hydrogen) atoms. The summed E-state index contributed by atoms with van der Waals surface area (Å²) in [5.74, 6) is -1.74. The number of hydrogen-bond donors (Lipinski definition) is 3. The van der Waals surface area contributed by atoms with Crippen LogP contribution in [0.15, 0.2) is 54.6 Å². The van der Waals surface area contributed by atoms with E-state index < -0.39 is 41.7 Å². The van der Waals surface area contributed by atoms with Crippen molar-refractivity contribution < 1.29 is 38.5 Å². The monoisotopic (exact) mass is 514 g/mol. The van der Waals surface area contributed by atoms with E-state index in [1.165, 1.54) is 7.11 Å². The number of benzene rings is 2. The van der Waals surface area contributed by atoms with Gasteiger partial charge >= 0.3 is 18.0 Å². The van der Waals surface area contributed by atoms with Crippen LogP contribution in [0.1, 0.15) is 48.7 Å². The highest BCUT2D eigenvalue weighted by Crippen LogP contribution is 2.14. The van der Waals surface area contributed by atoms with E-state index in [-0.39, 0.29) is 26.0 Å². The van der Waals surface area contributed by atoms with Crippen molar-refractivity contribution in [2.45, 2.75) is 58.0 Å². The van der Waals surface area contributed by atoms with E-state index in [2.05, 4.69) is 10.6 Å². The van der Waals surface area contributed by atoms with Crippen molar-refractivity contribution in [3.63, 3.8) is 0 Å². The summed E-state index contributed by atoms with van der Waals surface area (Å²) < 4.78 is 15.2. The molecule has 0 aliphatic rings. The lowest BCUT2D eigenvalue weighted by Crippen LogP contribution is -2.45.